The number of hydrogen-bond acceptors (Lipinski definition) is 3. The van der Waals surface area contributed by atoms with Gasteiger partial charge in [0.15, 0.2) is 0 Å². The van der Waals surface area contributed by atoms with Crippen LogP contribution in [0, 0.1) is 0 Å². The van der Waals surface area contributed by atoms with Gasteiger partial charge in [0.05, 0.1) is 22.9 Å². The van der Waals surface area contributed by atoms with Crippen LogP contribution in [0.2, 0.25) is 0 Å². The van der Waals surface area contributed by atoms with Gasteiger partial charge in [0, 0.05) is 18.7 Å². The second kappa shape index (κ2) is 6.65. The van der Waals surface area contributed by atoms with Gasteiger partial charge in [-0.25, -0.2) is 4.98 Å². The largest absolute Gasteiger partial charge is 0.351 e. The molecule has 0 aliphatic heterocycles. The summed E-state index contributed by atoms with van der Waals surface area (Å²) in [5, 5.41) is 10.7. The van der Waals surface area contributed by atoms with Crippen molar-refractivity contribution < 1.29 is 0 Å². The molecule has 0 aliphatic rings. The Kier molecular flexibility index (Phi) is 4.04. The van der Waals surface area contributed by atoms with E-state index >= 15 is 0 Å². The summed E-state index contributed by atoms with van der Waals surface area (Å²) in [6.45, 7) is 5.20. The molecule has 0 spiro atoms. The van der Waals surface area contributed by atoms with Crippen LogP contribution in [-0.2, 0) is 13.1 Å². The number of H-pyrrole nitrogens is 1. The summed E-state index contributed by atoms with van der Waals surface area (Å²) in [6, 6.07) is 18.3. The van der Waals surface area contributed by atoms with E-state index < -0.39 is 0 Å². The minimum Gasteiger partial charge on any atom is -0.351 e. The molecule has 0 saturated heterocycles. The van der Waals surface area contributed by atoms with E-state index in [4.69, 9.17) is 4.98 Å². The number of para-hydroxylation sites is 2. The van der Waals surface area contributed by atoms with Crippen LogP contribution in [0.4, 0.5) is 5.95 Å². The first-order valence-corrected chi connectivity index (χ1v) is 8.24. The molecule has 0 fully saturated rings. The van der Waals surface area contributed by atoms with Gasteiger partial charge >= 0.3 is 0 Å². The summed E-state index contributed by atoms with van der Waals surface area (Å²) in [7, 11) is 0. The van der Waals surface area contributed by atoms with E-state index in [0.29, 0.717) is 13.1 Å². The number of fused-ring (bicyclic) bond motifs is 1. The predicted molar refractivity (Wildman–Crippen MR) is 101 cm³/mol. The van der Waals surface area contributed by atoms with E-state index in [-0.39, 0.29) is 0 Å². The molecule has 4 rings (SSSR count). The molecule has 124 valence electrons. The lowest BCUT2D eigenvalue weighted by atomic mass is 10.1. The smallest absolute Gasteiger partial charge is 0.204 e. The van der Waals surface area contributed by atoms with E-state index in [9.17, 15) is 0 Å². The predicted octanol–water partition coefficient (Wildman–Crippen LogP) is 4.22. The maximum Gasteiger partial charge on any atom is 0.204 e. The first-order chi connectivity index (χ1) is 12.4. The standard InChI is InChI=1S/C20H19N5/c1-2-12-25-18-11-7-6-10-17(18)23-20(25)21-13-16-14-22-24-19(16)15-8-4-3-5-9-15/h2-11,14H,1,12-13H2,(H,21,23)(H,22,24). The van der Waals surface area contributed by atoms with Crippen LogP contribution in [0.15, 0.2) is 73.4 Å². The highest BCUT2D eigenvalue weighted by atomic mass is 15.2. The third-order valence-electron chi connectivity index (χ3n) is 4.18. The van der Waals surface area contributed by atoms with Crippen LogP contribution >= 0.6 is 0 Å². The summed E-state index contributed by atoms with van der Waals surface area (Å²) in [5.41, 5.74) is 5.32. The van der Waals surface area contributed by atoms with Crippen molar-refractivity contribution in [1.29, 1.82) is 0 Å². The number of rotatable bonds is 6. The molecule has 0 aliphatic carbocycles. The molecule has 0 bridgehead atoms. The lowest BCUT2D eigenvalue weighted by Gasteiger charge is -2.09. The highest BCUT2D eigenvalue weighted by Gasteiger charge is 2.11. The average molecular weight is 329 g/mol. The number of hydrogen-bond donors (Lipinski definition) is 2. The van der Waals surface area contributed by atoms with E-state index in [0.717, 1.165) is 33.8 Å². The molecular weight excluding hydrogens is 310 g/mol. The van der Waals surface area contributed by atoms with Crippen molar-refractivity contribution in [1.82, 2.24) is 19.7 Å². The number of allylic oxidation sites excluding steroid dienone is 1. The van der Waals surface area contributed by atoms with E-state index in [2.05, 4.69) is 44.9 Å². The molecule has 2 aromatic heterocycles. The normalized spacial score (nSPS) is 10.9. The van der Waals surface area contributed by atoms with Crippen molar-refractivity contribution in [3.05, 3.63) is 79.0 Å². The van der Waals surface area contributed by atoms with Crippen molar-refractivity contribution in [2.24, 2.45) is 0 Å². The fourth-order valence-electron chi connectivity index (χ4n) is 3.00. The maximum atomic E-state index is 4.71. The van der Waals surface area contributed by atoms with Crippen LogP contribution in [-0.4, -0.2) is 19.7 Å². The fraction of sp³-hybridized carbons (Fsp3) is 0.100. The van der Waals surface area contributed by atoms with Gasteiger partial charge < -0.3 is 9.88 Å². The molecule has 2 N–H and O–H groups in total. The first kappa shape index (κ1) is 15.2. The number of aromatic amines is 1. The van der Waals surface area contributed by atoms with Gasteiger partial charge in [0.25, 0.3) is 0 Å². The van der Waals surface area contributed by atoms with Gasteiger partial charge in [0.2, 0.25) is 5.95 Å². The third kappa shape index (κ3) is 2.92. The van der Waals surface area contributed by atoms with Crippen LogP contribution in [0.3, 0.4) is 0 Å². The summed E-state index contributed by atoms with van der Waals surface area (Å²) < 4.78 is 2.13. The highest BCUT2D eigenvalue weighted by molar-refractivity contribution is 5.78. The number of benzene rings is 2. The monoisotopic (exact) mass is 329 g/mol. The van der Waals surface area contributed by atoms with Crippen LogP contribution < -0.4 is 5.32 Å². The Balaban J connectivity index is 1.63. The van der Waals surface area contributed by atoms with Gasteiger partial charge in [-0.3, -0.25) is 5.10 Å². The summed E-state index contributed by atoms with van der Waals surface area (Å²) in [5.74, 6) is 0.835. The zero-order valence-electron chi connectivity index (χ0n) is 13.8. The number of nitrogens with zero attached hydrogens (tertiary/aromatic N) is 3. The van der Waals surface area contributed by atoms with Gasteiger partial charge in [0.1, 0.15) is 0 Å². The SMILES string of the molecule is C=CCn1c(NCc2cn[nH]c2-c2ccccc2)nc2ccccc21. The van der Waals surface area contributed by atoms with Crippen molar-refractivity contribution >= 4 is 17.0 Å². The van der Waals surface area contributed by atoms with Crippen molar-refractivity contribution in [2.75, 3.05) is 5.32 Å². The Bertz CT molecular complexity index is 997. The summed E-state index contributed by atoms with van der Waals surface area (Å²) >= 11 is 0. The molecular formula is C20H19N5. The van der Waals surface area contributed by atoms with Gasteiger partial charge in [-0.1, -0.05) is 48.5 Å². The second-order valence-corrected chi connectivity index (χ2v) is 5.81. The summed E-state index contributed by atoms with van der Waals surface area (Å²) in [6.07, 6.45) is 3.74. The lowest BCUT2D eigenvalue weighted by Crippen LogP contribution is -2.07. The van der Waals surface area contributed by atoms with Gasteiger partial charge in [-0.2, -0.15) is 5.10 Å². The Morgan fingerprint density at radius 2 is 1.88 bits per heavy atom. The van der Waals surface area contributed by atoms with Crippen molar-refractivity contribution in [2.45, 2.75) is 13.1 Å². The molecule has 0 amide bonds. The number of imidazole rings is 1. The van der Waals surface area contributed by atoms with E-state index in [1.807, 2.05) is 48.7 Å². The minimum atomic E-state index is 0.640. The highest BCUT2D eigenvalue weighted by Crippen LogP contribution is 2.23. The summed E-state index contributed by atoms with van der Waals surface area (Å²) in [4.78, 5) is 4.71. The molecule has 25 heavy (non-hydrogen) atoms. The quantitative estimate of drug-likeness (QED) is 0.521. The Hall–Kier alpha value is -3.34. The zero-order valence-corrected chi connectivity index (χ0v) is 13.8. The molecule has 2 heterocycles. The Morgan fingerprint density at radius 3 is 2.72 bits per heavy atom. The Morgan fingerprint density at radius 1 is 1.08 bits per heavy atom. The molecule has 5 heteroatoms. The van der Waals surface area contributed by atoms with Crippen LogP contribution in [0.5, 0.6) is 0 Å². The third-order valence-corrected chi connectivity index (χ3v) is 4.18. The van der Waals surface area contributed by atoms with Crippen molar-refractivity contribution in [3.63, 3.8) is 0 Å². The van der Waals surface area contributed by atoms with Gasteiger partial charge in [-0.05, 0) is 17.7 Å². The lowest BCUT2D eigenvalue weighted by molar-refractivity contribution is 0.847. The Labute approximate surface area is 146 Å². The van der Waals surface area contributed by atoms with Crippen molar-refractivity contribution in [3.8, 4) is 11.3 Å². The molecule has 0 saturated carbocycles. The minimum absolute atomic E-state index is 0.640. The maximum absolute atomic E-state index is 4.71. The van der Waals surface area contributed by atoms with E-state index in [1.54, 1.807) is 0 Å². The molecule has 0 radical (unpaired) electrons. The fourth-order valence-corrected chi connectivity index (χ4v) is 3.00. The van der Waals surface area contributed by atoms with Crippen LogP contribution in [0.25, 0.3) is 22.3 Å². The molecule has 5 nitrogen and oxygen atoms in total. The second-order valence-electron chi connectivity index (χ2n) is 5.81. The van der Waals surface area contributed by atoms with E-state index in [1.165, 1.54) is 0 Å². The topological polar surface area (TPSA) is 58.5 Å². The average Bonchev–Trinajstić information content (AvgIpc) is 3.26. The number of anilines is 1. The molecule has 2 aromatic carbocycles. The number of nitrogens with one attached hydrogen (secondary N) is 2. The zero-order chi connectivity index (χ0) is 17.1. The molecule has 4 aromatic rings. The van der Waals surface area contributed by atoms with Crippen LogP contribution in [0.1, 0.15) is 5.56 Å². The number of aromatic nitrogens is 4. The van der Waals surface area contributed by atoms with Gasteiger partial charge in [-0.15, -0.1) is 6.58 Å². The molecule has 0 atom stereocenters. The molecule has 0 unspecified atom stereocenters. The first-order valence-electron chi connectivity index (χ1n) is 8.24.